The van der Waals surface area contributed by atoms with E-state index in [4.69, 9.17) is 0 Å². The Kier molecular flexibility index (Phi) is 7.15. The zero-order valence-electron chi connectivity index (χ0n) is 18.6. The van der Waals surface area contributed by atoms with Crippen molar-refractivity contribution in [3.05, 3.63) is 59.2 Å². The fraction of sp³-hybridized carbons (Fsp3) is 0.348. The van der Waals surface area contributed by atoms with Gasteiger partial charge in [0, 0.05) is 23.3 Å². The molecular weight excluding hydrogens is 476 g/mol. The predicted molar refractivity (Wildman–Crippen MR) is 130 cm³/mol. The van der Waals surface area contributed by atoms with Gasteiger partial charge in [-0.1, -0.05) is 18.2 Å². The first-order valence-corrected chi connectivity index (χ1v) is 13.6. The van der Waals surface area contributed by atoms with E-state index in [1.54, 1.807) is 0 Å². The number of carbonyl (C=O) groups is 2. The molecule has 4 rings (SSSR count). The Morgan fingerprint density at radius 1 is 1.21 bits per heavy atom. The zero-order valence-corrected chi connectivity index (χ0v) is 20.2. The maximum absolute atomic E-state index is 12.3. The second kappa shape index (κ2) is 10.1. The number of nitrogens with zero attached hydrogens (tertiary/aromatic N) is 2. The quantitative estimate of drug-likeness (QED) is 0.455. The molecule has 9 nitrogen and oxygen atoms in total. The van der Waals surface area contributed by atoms with Crippen molar-refractivity contribution >= 4 is 38.3 Å². The van der Waals surface area contributed by atoms with E-state index in [-0.39, 0.29) is 18.2 Å². The highest BCUT2D eigenvalue weighted by Crippen LogP contribution is 2.35. The van der Waals surface area contributed by atoms with Crippen LogP contribution in [0.4, 0.5) is 5.13 Å². The normalized spacial score (nSPS) is 18.4. The van der Waals surface area contributed by atoms with Gasteiger partial charge in [-0.25, -0.2) is 13.4 Å². The molecule has 0 spiro atoms. The lowest BCUT2D eigenvalue weighted by molar-refractivity contribution is -0.115. The monoisotopic (exact) mass is 502 g/mol. The number of nitrogens with one attached hydrogen (secondary N) is 2. The van der Waals surface area contributed by atoms with Crippen molar-refractivity contribution in [2.45, 2.75) is 37.7 Å². The van der Waals surface area contributed by atoms with Crippen molar-refractivity contribution in [2.75, 3.05) is 18.1 Å². The Bertz CT molecular complexity index is 1290. The summed E-state index contributed by atoms with van der Waals surface area (Å²) in [4.78, 5) is 28.9. The van der Waals surface area contributed by atoms with Gasteiger partial charge in [0.05, 0.1) is 30.2 Å². The van der Waals surface area contributed by atoms with E-state index in [2.05, 4.69) is 27.8 Å². The highest BCUT2D eigenvalue weighted by Gasteiger charge is 2.21. The summed E-state index contributed by atoms with van der Waals surface area (Å²) in [6.07, 6.45) is 6.88. The van der Waals surface area contributed by atoms with Crippen molar-refractivity contribution in [3.63, 3.8) is 0 Å². The molecule has 0 saturated heterocycles. The van der Waals surface area contributed by atoms with Crippen LogP contribution in [0.2, 0.25) is 0 Å². The summed E-state index contributed by atoms with van der Waals surface area (Å²) in [5, 5.41) is 17.2. The lowest BCUT2D eigenvalue weighted by Gasteiger charge is -2.25. The highest BCUT2D eigenvalue weighted by molar-refractivity contribution is 7.89. The molecule has 1 aliphatic carbocycles. The first-order valence-electron chi connectivity index (χ1n) is 10.9. The average Bonchev–Trinajstić information content (AvgIpc) is 3.48. The van der Waals surface area contributed by atoms with E-state index >= 15 is 0 Å². The summed E-state index contributed by atoms with van der Waals surface area (Å²) >= 11 is 1.29. The molecule has 3 aromatic rings. The Balaban J connectivity index is 1.33. The lowest BCUT2D eigenvalue weighted by Crippen LogP contribution is -2.32. The SMILES string of the molecule is CS(=O)(=O)n1ccc(C(=O)NCC(=O)Nc2nc(-c3cccc([C@H]4CC[C@H](O)CC4)c3)cs2)c1. The molecule has 0 bridgehead atoms. The second-order valence-electron chi connectivity index (χ2n) is 8.39. The van der Waals surface area contributed by atoms with Crippen molar-refractivity contribution in [2.24, 2.45) is 0 Å². The molecule has 2 aromatic heterocycles. The number of hydrogen-bond donors (Lipinski definition) is 3. The molecular formula is C23H26N4O5S2. The Hall–Kier alpha value is -3.02. The number of benzene rings is 1. The van der Waals surface area contributed by atoms with Crippen LogP contribution in [-0.4, -0.2) is 53.2 Å². The molecule has 0 radical (unpaired) electrons. The standard InChI is InChI=1S/C23H26N4O5S2/c1-34(31,32)27-10-9-18(13-27)22(30)24-12-21(29)26-23-25-20(14-33-23)17-4-2-3-16(11-17)15-5-7-19(28)8-6-15/h2-4,9-11,13-15,19,28H,5-8,12H2,1H3,(H,24,30)(H,25,26,29)/t15-,19-. The molecule has 0 aliphatic heterocycles. The summed E-state index contributed by atoms with van der Waals surface area (Å²) in [5.74, 6) is -0.560. The molecule has 0 atom stereocenters. The number of aliphatic hydroxyl groups excluding tert-OH is 1. The highest BCUT2D eigenvalue weighted by atomic mass is 32.2. The van der Waals surface area contributed by atoms with Crippen molar-refractivity contribution in [1.29, 1.82) is 0 Å². The van der Waals surface area contributed by atoms with E-state index < -0.39 is 21.8 Å². The molecule has 11 heteroatoms. The number of rotatable bonds is 7. The van der Waals surface area contributed by atoms with Crippen LogP contribution in [0, 0.1) is 0 Å². The van der Waals surface area contributed by atoms with Crippen molar-refractivity contribution in [3.8, 4) is 11.3 Å². The Labute approximate surface area is 201 Å². The molecule has 180 valence electrons. The average molecular weight is 503 g/mol. The molecule has 0 unspecified atom stereocenters. The number of carbonyl (C=O) groups excluding carboxylic acids is 2. The van der Waals surface area contributed by atoms with Gasteiger partial charge in [0.15, 0.2) is 5.13 Å². The van der Waals surface area contributed by atoms with Crippen LogP contribution >= 0.6 is 11.3 Å². The number of anilines is 1. The minimum absolute atomic E-state index is 0.141. The fourth-order valence-corrected chi connectivity index (χ4v) is 5.29. The first kappa shape index (κ1) is 24.1. The zero-order chi connectivity index (χ0) is 24.3. The molecule has 3 N–H and O–H groups in total. The predicted octanol–water partition coefficient (Wildman–Crippen LogP) is 2.81. The summed E-state index contributed by atoms with van der Waals surface area (Å²) < 4.78 is 23.9. The molecule has 2 amide bonds. The second-order valence-corrected chi connectivity index (χ2v) is 11.1. The fourth-order valence-electron chi connectivity index (χ4n) is 3.97. The van der Waals surface area contributed by atoms with Crippen molar-refractivity contribution in [1.82, 2.24) is 14.3 Å². The van der Waals surface area contributed by atoms with E-state index in [1.807, 2.05) is 17.5 Å². The third-order valence-electron chi connectivity index (χ3n) is 5.82. The van der Waals surface area contributed by atoms with Crippen molar-refractivity contribution < 1.29 is 23.1 Å². The summed E-state index contributed by atoms with van der Waals surface area (Å²) in [7, 11) is -3.48. The maximum atomic E-state index is 12.3. The number of aromatic nitrogens is 2. The maximum Gasteiger partial charge on any atom is 0.253 e. The van der Waals surface area contributed by atoms with Crippen LogP contribution < -0.4 is 10.6 Å². The van der Waals surface area contributed by atoms with Gasteiger partial charge in [-0.3, -0.25) is 13.6 Å². The summed E-state index contributed by atoms with van der Waals surface area (Å²) in [5.41, 5.74) is 3.09. The third kappa shape index (κ3) is 5.91. The van der Waals surface area contributed by atoms with E-state index in [0.29, 0.717) is 11.0 Å². The van der Waals surface area contributed by atoms with Gasteiger partial charge < -0.3 is 15.7 Å². The summed E-state index contributed by atoms with van der Waals surface area (Å²) in [6.45, 7) is -0.277. The topological polar surface area (TPSA) is 130 Å². The minimum Gasteiger partial charge on any atom is -0.393 e. The van der Waals surface area contributed by atoms with E-state index in [1.165, 1.54) is 35.4 Å². The van der Waals surface area contributed by atoms with Crippen LogP contribution in [0.25, 0.3) is 11.3 Å². The van der Waals surface area contributed by atoms with Gasteiger partial charge in [0.1, 0.15) is 0 Å². The molecule has 2 heterocycles. The Morgan fingerprint density at radius 3 is 2.68 bits per heavy atom. The number of thiazole rings is 1. The van der Waals surface area contributed by atoms with Gasteiger partial charge in [-0.2, -0.15) is 0 Å². The smallest absolute Gasteiger partial charge is 0.253 e. The molecule has 1 aromatic carbocycles. The summed E-state index contributed by atoms with van der Waals surface area (Å²) in [6, 6.07) is 9.56. The molecule has 1 aliphatic rings. The van der Waals surface area contributed by atoms with Gasteiger partial charge in [-0.15, -0.1) is 11.3 Å². The van der Waals surface area contributed by atoms with Gasteiger partial charge >= 0.3 is 0 Å². The first-order chi connectivity index (χ1) is 16.2. The van der Waals surface area contributed by atoms with E-state index in [0.717, 1.165) is 47.2 Å². The number of aliphatic hydroxyl groups is 1. The minimum atomic E-state index is -3.48. The van der Waals surface area contributed by atoms with E-state index in [9.17, 15) is 23.1 Å². The third-order valence-corrected chi connectivity index (χ3v) is 7.57. The largest absolute Gasteiger partial charge is 0.393 e. The van der Waals surface area contributed by atoms with Crippen LogP contribution in [-0.2, 0) is 14.8 Å². The van der Waals surface area contributed by atoms with Gasteiger partial charge in [-0.05, 0) is 49.3 Å². The van der Waals surface area contributed by atoms with Gasteiger partial charge in [0.2, 0.25) is 15.9 Å². The molecule has 1 fully saturated rings. The Morgan fingerprint density at radius 2 is 1.97 bits per heavy atom. The van der Waals surface area contributed by atoms with Crippen LogP contribution in [0.3, 0.4) is 0 Å². The lowest BCUT2D eigenvalue weighted by atomic mass is 9.82. The van der Waals surface area contributed by atoms with Crippen LogP contribution in [0.5, 0.6) is 0 Å². The molecule has 1 saturated carbocycles. The molecule has 34 heavy (non-hydrogen) atoms. The number of hydrogen-bond acceptors (Lipinski definition) is 7. The van der Waals surface area contributed by atoms with Gasteiger partial charge in [0.25, 0.3) is 5.91 Å². The number of amides is 2. The van der Waals surface area contributed by atoms with Crippen LogP contribution in [0.1, 0.15) is 47.5 Å². The van der Waals surface area contributed by atoms with Crippen LogP contribution in [0.15, 0.2) is 48.1 Å².